The molecule has 4 aromatic rings. The van der Waals surface area contributed by atoms with Gasteiger partial charge < -0.3 is 18.9 Å². The smallest absolute Gasteiger partial charge is 0.387 e. The summed E-state index contributed by atoms with van der Waals surface area (Å²) in [6.07, 6.45) is 1.64. The number of methoxy groups -OCH3 is 2. The van der Waals surface area contributed by atoms with Gasteiger partial charge in [0.25, 0.3) is 5.56 Å². The Hall–Kier alpha value is -4.77. The lowest BCUT2D eigenvalue weighted by molar-refractivity contribution is -0.138. The van der Waals surface area contributed by atoms with E-state index in [1.807, 2.05) is 30.3 Å². The summed E-state index contributed by atoms with van der Waals surface area (Å²) in [6, 6.07) is 19.4. The predicted molar refractivity (Wildman–Crippen MR) is 154 cm³/mol. The van der Waals surface area contributed by atoms with E-state index in [0.717, 1.165) is 11.3 Å². The first kappa shape index (κ1) is 28.7. The summed E-state index contributed by atoms with van der Waals surface area (Å²) in [4.78, 5) is 32.8. The first-order valence-electron chi connectivity index (χ1n) is 12.9. The number of thiazole rings is 1. The van der Waals surface area contributed by atoms with Crippen molar-refractivity contribution >= 4 is 29.1 Å². The number of nitrogens with zero attached hydrogens (tertiary/aromatic N) is 2. The lowest BCUT2D eigenvalue weighted by Crippen LogP contribution is -2.40. The Morgan fingerprint density at radius 3 is 2.38 bits per heavy atom. The van der Waals surface area contributed by atoms with Crippen LogP contribution in [0, 0.1) is 0 Å². The molecule has 1 aliphatic rings. The molecule has 3 aromatic carbocycles. The first-order chi connectivity index (χ1) is 20.3. The Bertz CT molecular complexity index is 1810. The number of alkyl halides is 2. The van der Waals surface area contributed by atoms with Gasteiger partial charge in [0, 0.05) is 5.56 Å². The number of aromatic nitrogens is 1. The highest BCUT2D eigenvalue weighted by Gasteiger charge is 2.35. The summed E-state index contributed by atoms with van der Waals surface area (Å²) < 4.78 is 47.8. The lowest BCUT2D eigenvalue weighted by Gasteiger charge is -2.26. The van der Waals surface area contributed by atoms with E-state index in [1.165, 1.54) is 30.9 Å². The normalized spacial score (nSPS) is 14.8. The van der Waals surface area contributed by atoms with Crippen molar-refractivity contribution in [2.45, 2.75) is 19.6 Å². The van der Waals surface area contributed by atoms with Gasteiger partial charge >= 0.3 is 12.6 Å². The molecule has 216 valence electrons. The van der Waals surface area contributed by atoms with Crippen LogP contribution in [0.5, 0.6) is 17.2 Å². The van der Waals surface area contributed by atoms with E-state index in [9.17, 15) is 18.4 Å². The topological polar surface area (TPSA) is 88.4 Å². The molecule has 1 atom stereocenters. The highest BCUT2D eigenvalue weighted by atomic mass is 32.1. The van der Waals surface area contributed by atoms with Crippen LogP contribution >= 0.6 is 11.3 Å². The van der Waals surface area contributed by atoms with Crippen LogP contribution in [0.15, 0.2) is 88.2 Å². The van der Waals surface area contributed by atoms with Gasteiger partial charge in [-0.25, -0.2) is 9.79 Å². The highest BCUT2D eigenvalue weighted by Crippen LogP contribution is 2.38. The fraction of sp³-hybridized carbons (Fsp3) is 0.194. The molecule has 0 unspecified atom stereocenters. The van der Waals surface area contributed by atoms with Crippen LogP contribution in [0.1, 0.15) is 29.7 Å². The number of carbonyl (C=O) groups excluding carboxylic acids is 1. The zero-order valence-electron chi connectivity index (χ0n) is 22.9. The average molecular weight is 593 g/mol. The lowest BCUT2D eigenvalue weighted by atomic mass is 9.93. The molecule has 11 heteroatoms. The molecule has 0 N–H and O–H groups in total. The molecule has 2 heterocycles. The van der Waals surface area contributed by atoms with Crippen molar-refractivity contribution in [3.63, 3.8) is 0 Å². The zero-order chi connectivity index (χ0) is 29.8. The van der Waals surface area contributed by atoms with Gasteiger partial charge in [-0.05, 0) is 48.4 Å². The molecule has 8 nitrogen and oxygen atoms in total. The van der Waals surface area contributed by atoms with Crippen LogP contribution in [0.3, 0.4) is 0 Å². The second kappa shape index (κ2) is 12.4. The quantitative estimate of drug-likeness (QED) is 0.265. The highest BCUT2D eigenvalue weighted by molar-refractivity contribution is 7.07. The van der Waals surface area contributed by atoms with Gasteiger partial charge in [-0.1, -0.05) is 59.9 Å². The molecule has 0 saturated heterocycles. The van der Waals surface area contributed by atoms with Crippen molar-refractivity contribution in [3.05, 3.63) is 115 Å². The monoisotopic (exact) mass is 592 g/mol. The number of hydrogen-bond donors (Lipinski definition) is 0. The Kier molecular flexibility index (Phi) is 8.48. The van der Waals surface area contributed by atoms with E-state index in [2.05, 4.69) is 4.74 Å². The van der Waals surface area contributed by atoms with E-state index in [1.54, 1.807) is 43.3 Å². The van der Waals surface area contributed by atoms with Crippen LogP contribution in [0.4, 0.5) is 8.78 Å². The van der Waals surface area contributed by atoms with E-state index >= 15 is 0 Å². The molecule has 42 heavy (non-hydrogen) atoms. The van der Waals surface area contributed by atoms with Crippen molar-refractivity contribution in [3.8, 4) is 17.2 Å². The summed E-state index contributed by atoms with van der Waals surface area (Å²) in [5.41, 5.74) is 2.05. The second-order valence-corrected chi connectivity index (χ2v) is 10.0. The number of fused-ring (bicyclic) bond motifs is 1. The molecular weight excluding hydrogens is 566 g/mol. The molecule has 0 radical (unpaired) electrons. The SMILES string of the molecule is CCOC(=O)C1=C(c2ccccc2)N=c2s/c(=C/c3ccc(OC(F)F)cc3)c(=O)n2[C@@H]1c1ccc(OC)c(OC)c1. The largest absolute Gasteiger partial charge is 0.493 e. The van der Waals surface area contributed by atoms with Crippen molar-refractivity contribution < 1.29 is 32.5 Å². The van der Waals surface area contributed by atoms with Gasteiger partial charge in [-0.3, -0.25) is 9.36 Å². The van der Waals surface area contributed by atoms with Crippen LogP contribution in [-0.4, -0.2) is 38.0 Å². The minimum absolute atomic E-state index is 0.00337. The number of rotatable bonds is 9. The predicted octanol–water partition coefficient (Wildman–Crippen LogP) is 4.55. The molecule has 0 bridgehead atoms. The molecule has 0 amide bonds. The Morgan fingerprint density at radius 1 is 1.02 bits per heavy atom. The van der Waals surface area contributed by atoms with Crippen LogP contribution in [-0.2, 0) is 9.53 Å². The summed E-state index contributed by atoms with van der Waals surface area (Å²) >= 11 is 1.15. The van der Waals surface area contributed by atoms with E-state index < -0.39 is 18.6 Å². The van der Waals surface area contributed by atoms with Gasteiger partial charge in [0.2, 0.25) is 0 Å². The van der Waals surface area contributed by atoms with Crippen LogP contribution < -0.4 is 29.1 Å². The van der Waals surface area contributed by atoms with Crippen molar-refractivity contribution in [2.24, 2.45) is 4.99 Å². The first-order valence-corrected chi connectivity index (χ1v) is 13.7. The number of ether oxygens (including phenoxy) is 4. The van der Waals surface area contributed by atoms with E-state index in [0.29, 0.717) is 43.2 Å². The number of benzene rings is 3. The van der Waals surface area contributed by atoms with Gasteiger partial charge in [0.1, 0.15) is 5.75 Å². The van der Waals surface area contributed by atoms with Crippen molar-refractivity contribution in [1.29, 1.82) is 0 Å². The molecule has 0 fully saturated rings. The summed E-state index contributed by atoms with van der Waals surface area (Å²) in [5, 5.41) is 0. The molecule has 0 saturated carbocycles. The number of esters is 1. The van der Waals surface area contributed by atoms with Gasteiger partial charge in [0.15, 0.2) is 16.3 Å². The van der Waals surface area contributed by atoms with Crippen LogP contribution in [0.25, 0.3) is 11.8 Å². The summed E-state index contributed by atoms with van der Waals surface area (Å²) in [6.45, 7) is -1.11. The zero-order valence-corrected chi connectivity index (χ0v) is 23.7. The molecule has 0 spiro atoms. The van der Waals surface area contributed by atoms with Gasteiger partial charge in [-0.15, -0.1) is 0 Å². The summed E-state index contributed by atoms with van der Waals surface area (Å²) in [7, 11) is 3.02. The molecule has 5 rings (SSSR count). The maximum atomic E-state index is 14.0. The second-order valence-electron chi connectivity index (χ2n) is 8.99. The summed E-state index contributed by atoms with van der Waals surface area (Å²) in [5.74, 6) is 0.301. The van der Waals surface area contributed by atoms with Crippen molar-refractivity contribution in [1.82, 2.24) is 4.57 Å². The Balaban J connectivity index is 1.77. The number of hydrogen-bond acceptors (Lipinski definition) is 8. The molecule has 0 aliphatic carbocycles. The third kappa shape index (κ3) is 5.68. The van der Waals surface area contributed by atoms with E-state index in [-0.39, 0.29) is 23.5 Å². The third-order valence-electron chi connectivity index (χ3n) is 6.50. The standard InChI is InChI=1S/C31H26F2N2O6S/c1-4-40-29(37)25-26(19-8-6-5-7-9-19)34-31-35(27(25)20-12-15-22(38-2)23(17-20)39-3)28(36)24(42-31)16-18-10-13-21(14-11-18)41-30(32)33/h5-17,27,30H,4H2,1-3H3/b24-16+/t27-/m1/s1. The third-order valence-corrected chi connectivity index (χ3v) is 7.48. The minimum atomic E-state index is -2.94. The van der Waals surface area contributed by atoms with E-state index in [4.69, 9.17) is 19.2 Å². The fourth-order valence-electron chi connectivity index (χ4n) is 4.68. The maximum Gasteiger partial charge on any atom is 0.387 e. The van der Waals surface area contributed by atoms with Gasteiger partial charge in [0.05, 0.1) is 42.7 Å². The fourth-order valence-corrected chi connectivity index (χ4v) is 5.68. The Labute approximate surface area is 243 Å². The maximum absolute atomic E-state index is 14.0. The number of carbonyl (C=O) groups is 1. The molecular formula is C31H26F2N2O6S. The molecule has 1 aromatic heterocycles. The van der Waals surface area contributed by atoms with Crippen molar-refractivity contribution in [2.75, 3.05) is 20.8 Å². The number of halogens is 2. The minimum Gasteiger partial charge on any atom is -0.493 e. The molecule has 1 aliphatic heterocycles. The Morgan fingerprint density at radius 2 is 1.74 bits per heavy atom. The average Bonchev–Trinajstić information content (AvgIpc) is 3.31. The van der Waals surface area contributed by atoms with Crippen LogP contribution in [0.2, 0.25) is 0 Å². The van der Waals surface area contributed by atoms with Gasteiger partial charge in [-0.2, -0.15) is 8.78 Å².